The number of carbonyl (C=O) groups excluding carboxylic acids is 1. The number of anilines is 1. The Morgan fingerprint density at radius 3 is 2.26 bits per heavy atom. The predicted octanol–water partition coefficient (Wildman–Crippen LogP) is 3.53. The largest absolute Gasteiger partial charge is 0.368 e. The Bertz CT molecular complexity index is 1270. The van der Waals surface area contributed by atoms with Gasteiger partial charge in [0, 0.05) is 48.5 Å². The van der Waals surface area contributed by atoms with Gasteiger partial charge in [0.25, 0.3) is 0 Å². The highest BCUT2D eigenvalue weighted by atomic mass is 32.2. The first-order valence-electron chi connectivity index (χ1n) is 9.80. The fourth-order valence-corrected chi connectivity index (χ4v) is 5.20. The topological polar surface area (TPSA) is 70.6 Å². The smallest absolute Gasteiger partial charge is 0.243 e. The highest BCUT2D eigenvalue weighted by Crippen LogP contribution is 2.31. The quantitative estimate of drug-likeness (QED) is 0.575. The van der Waals surface area contributed by atoms with Crippen LogP contribution in [0.1, 0.15) is 23.0 Å². The van der Waals surface area contributed by atoms with Gasteiger partial charge in [-0.15, -0.1) is 0 Å². The first-order chi connectivity index (χ1) is 14.7. The number of hydrogen-bond acceptors (Lipinski definition) is 5. The third-order valence-corrected chi connectivity index (χ3v) is 7.37. The summed E-state index contributed by atoms with van der Waals surface area (Å²) in [4.78, 5) is 17.6. The maximum atomic E-state index is 14.2. The van der Waals surface area contributed by atoms with Crippen molar-refractivity contribution in [1.29, 1.82) is 0 Å². The fourth-order valence-electron chi connectivity index (χ4n) is 3.78. The molecule has 0 atom stereocenters. The molecular formula is C22H21F2N3O3S. The molecule has 162 valence electrons. The van der Waals surface area contributed by atoms with Gasteiger partial charge in [-0.1, -0.05) is 12.1 Å². The van der Waals surface area contributed by atoms with E-state index >= 15 is 0 Å². The van der Waals surface area contributed by atoms with E-state index in [0.717, 1.165) is 6.07 Å². The molecule has 3 aromatic rings. The Hall–Kier alpha value is -2.91. The predicted molar refractivity (Wildman–Crippen MR) is 114 cm³/mol. The number of pyridine rings is 1. The number of hydrogen-bond donors (Lipinski definition) is 0. The lowest BCUT2D eigenvalue weighted by molar-refractivity contribution is 0.101. The van der Waals surface area contributed by atoms with Gasteiger partial charge >= 0.3 is 0 Å². The molecule has 1 aliphatic rings. The number of piperazine rings is 1. The zero-order chi connectivity index (χ0) is 22.3. The average Bonchev–Trinajstić information content (AvgIpc) is 2.76. The first-order valence-corrected chi connectivity index (χ1v) is 11.2. The summed E-state index contributed by atoms with van der Waals surface area (Å²) >= 11 is 0. The van der Waals surface area contributed by atoms with Gasteiger partial charge in [-0.3, -0.25) is 4.79 Å². The van der Waals surface area contributed by atoms with Crippen molar-refractivity contribution in [3.8, 4) is 0 Å². The lowest BCUT2D eigenvalue weighted by Gasteiger charge is -2.36. The summed E-state index contributed by atoms with van der Waals surface area (Å²) < 4.78 is 55.2. The van der Waals surface area contributed by atoms with Crippen LogP contribution in [0.15, 0.2) is 47.4 Å². The summed E-state index contributed by atoms with van der Waals surface area (Å²) in [5.41, 5.74) is 1.67. The third-order valence-electron chi connectivity index (χ3n) is 5.46. The molecule has 1 aliphatic heterocycles. The molecule has 31 heavy (non-hydrogen) atoms. The van der Waals surface area contributed by atoms with Gasteiger partial charge in [-0.25, -0.2) is 22.2 Å². The van der Waals surface area contributed by atoms with Gasteiger partial charge < -0.3 is 4.90 Å². The lowest BCUT2D eigenvalue weighted by Crippen LogP contribution is -2.48. The van der Waals surface area contributed by atoms with Crippen LogP contribution >= 0.6 is 0 Å². The first kappa shape index (κ1) is 21.3. The van der Waals surface area contributed by atoms with Gasteiger partial charge in [-0.2, -0.15) is 4.31 Å². The molecule has 1 saturated heterocycles. The molecule has 0 radical (unpaired) electrons. The number of sulfonamides is 1. The van der Waals surface area contributed by atoms with E-state index < -0.39 is 21.7 Å². The molecule has 4 rings (SSSR count). The van der Waals surface area contributed by atoms with Crippen molar-refractivity contribution in [3.05, 3.63) is 65.4 Å². The Morgan fingerprint density at radius 1 is 1.00 bits per heavy atom. The maximum absolute atomic E-state index is 14.2. The Kier molecular flexibility index (Phi) is 5.49. The summed E-state index contributed by atoms with van der Waals surface area (Å²) in [6, 6.07) is 10.3. The number of rotatable bonds is 4. The molecule has 0 unspecified atom stereocenters. The number of benzene rings is 2. The number of ketones is 1. The molecule has 2 heterocycles. The van der Waals surface area contributed by atoms with Crippen molar-refractivity contribution in [2.24, 2.45) is 0 Å². The number of Topliss-reactive ketones (excluding diaryl/α,β-unsaturated/α-hetero) is 1. The van der Waals surface area contributed by atoms with Crippen molar-refractivity contribution >= 4 is 32.4 Å². The van der Waals surface area contributed by atoms with E-state index in [-0.39, 0.29) is 29.3 Å². The summed E-state index contributed by atoms with van der Waals surface area (Å²) in [6.45, 7) is 4.39. The van der Waals surface area contributed by atoms with Gasteiger partial charge in [0.15, 0.2) is 17.4 Å². The second kappa shape index (κ2) is 7.97. The van der Waals surface area contributed by atoms with E-state index in [1.54, 1.807) is 13.0 Å². The number of halogens is 2. The van der Waals surface area contributed by atoms with E-state index in [0.29, 0.717) is 35.4 Å². The molecule has 1 fully saturated rings. The minimum Gasteiger partial charge on any atom is -0.368 e. The Labute approximate surface area is 179 Å². The average molecular weight is 445 g/mol. The monoisotopic (exact) mass is 445 g/mol. The molecule has 2 aromatic carbocycles. The highest BCUT2D eigenvalue weighted by molar-refractivity contribution is 7.89. The van der Waals surface area contributed by atoms with Crippen LogP contribution in [0.2, 0.25) is 0 Å². The second-order valence-electron chi connectivity index (χ2n) is 7.51. The van der Waals surface area contributed by atoms with Crippen LogP contribution in [0, 0.1) is 18.6 Å². The van der Waals surface area contributed by atoms with Gasteiger partial charge in [0.1, 0.15) is 5.52 Å². The number of aryl methyl sites for hydroxylation is 1. The third kappa shape index (κ3) is 3.90. The standard InChI is InChI=1S/C22H21F2N3O3S/c1-14-13-20(18-7-8-19(23)21(24)22(18)25-14)26-9-11-27(12-10-26)31(29,30)17-5-3-16(4-6-17)15(2)28/h3-8,13H,9-12H2,1-2H3. The molecule has 0 aliphatic carbocycles. The van der Waals surface area contributed by atoms with Crippen LogP contribution in [0.4, 0.5) is 14.5 Å². The van der Waals surface area contributed by atoms with Crippen LogP contribution in [-0.2, 0) is 10.0 Å². The lowest BCUT2D eigenvalue weighted by atomic mass is 10.1. The van der Waals surface area contributed by atoms with Gasteiger partial charge in [-0.05, 0) is 44.2 Å². The molecule has 0 amide bonds. The van der Waals surface area contributed by atoms with Crippen LogP contribution in [-0.4, -0.2) is 49.7 Å². The minimum absolute atomic E-state index is 0.0318. The van der Waals surface area contributed by atoms with Crippen LogP contribution in [0.25, 0.3) is 10.9 Å². The molecule has 0 spiro atoms. The van der Waals surface area contributed by atoms with E-state index in [2.05, 4.69) is 4.98 Å². The zero-order valence-electron chi connectivity index (χ0n) is 17.1. The minimum atomic E-state index is -3.70. The van der Waals surface area contributed by atoms with Gasteiger partial charge in [0.05, 0.1) is 4.90 Å². The van der Waals surface area contributed by atoms with Crippen molar-refractivity contribution in [1.82, 2.24) is 9.29 Å². The van der Waals surface area contributed by atoms with Crippen LogP contribution in [0.5, 0.6) is 0 Å². The molecule has 0 bridgehead atoms. The molecule has 9 heteroatoms. The van der Waals surface area contributed by atoms with Crippen LogP contribution < -0.4 is 4.90 Å². The number of aromatic nitrogens is 1. The molecule has 0 saturated carbocycles. The number of fused-ring (bicyclic) bond motifs is 1. The maximum Gasteiger partial charge on any atom is 0.243 e. The van der Waals surface area contributed by atoms with Crippen molar-refractivity contribution in [2.75, 3.05) is 31.1 Å². The van der Waals surface area contributed by atoms with Crippen molar-refractivity contribution < 1.29 is 22.0 Å². The molecule has 0 N–H and O–H groups in total. The van der Waals surface area contributed by atoms with E-state index in [1.807, 2.05) is 4.90 Å². The second-order valence-corrected chi connectivity index (χ2v) is 9.45. The molecule has 1 aromatic heterocycles. The zero-order valence-corrected chi connectivity index (χ0v) is 17.9. The fraction of sp³-hybridized carbons (Fsp3) is 0.273. The Morgan fingerprint density at radius 2 is 1.65 bits per heavy atom. The van der Waals surface area contributed by atoms with Gasteiger partial charge in [0.2, 0.25) is 10.0 Å². The normalized spacial score (nSPS) is 15.4. The van der Waals surface area contributed by atoms with Crippen molar-refractivity contribution in [3.63, 3.8) is 0 Å². The summed E-state index contributed by atoms with van der Waals surface area (Å²) in [6.07, 6.45) is 0. The van der Waals surface area contributed by atoms with E-state index in [1.165, 1.54) is 41.6 Å². The Balaban J connectivity index is 1.58. The molecular weight excluding hydrogens is 424 g/mol. The van der Waals surface area contributed by atoms with Crippen molar-refractivity contribution in [2.45, 2.75) is 18.7 Å². The summed E-state index contributed by atoms with van der Waals surface area (Å²) in [5.74, 6) is -2.07. The SMILES string of the molecule is CC(=O)c1ccc(S(=O)(=O)N2CCN(c3cc(C)nc4c(F)c(F)ccc34)CC2)cc1. The number of nitrogens with zero attached hydrogens (tertiary/aromatic N) is 3. The molecule has 6 nitrogen and oxygen atoms in total. The highest BCUT2D eigenvalue weighted by Gasteiger charge is 2.29. The van der Waals surface area contributed by atoms with E-state index in [9.17, 15) is 22.0 Å². The van der Waals surface area contributed by atoms with E-state index in [4.69, 9.17) is 0 Å². The summed E-state index contributed by atoms with van der Waals surface area (Å²) in [5, 5.41) is 0.487. The van der Waals surface area contributed by atoms with Crippen LogP contribution in [0.3, 0.4) is 0 Å². The number of carbonyl (C=O) groups is 1. The summed E-state index contributed by atoms with van der Waals surface area (Å²) in [7, 11) is -3.70.